The summed E-state index contributed by atoms with van der Waals surface area (Å²) in [7, 11) is 0. The number of thioether (sulfide) groups is 1. The molecule has 4 nitrogen and oxygen atoms in total. The first-order chi connectivity index (χ1) is 11.3. The van der Waals surface area contributed by atoms with E-state index in [1.54, 1.807) is 0 Å². The number of carbonyl (C=O) groups is 1. The second-order valence-corrected chi connectivity index (χ2v) is 8.97. The van der Waals surface area contributed by atoms with Gasteiger partial charge in [0.25, 0.3) is 0 Å². The molecule has 1 N–H and O–H groups in total. The van der Waals surface area contributed by atoms with Gasteiger partial charge in [0.1, 0.15) is 5.82 Å². The molecule has 1 aliphatic heterocycles. The zero-order chi connectivity index (χ0) is 17.7. The molecular formula is C19H31N3OS. The summed E-state index contributed by atoms with van der Waals surface area (Å²) in [6, 6.07) is 4.65. The van der Waals surface area contributed by atoms with E-state index in [0.717, 1.165) is 31.7 Å². The molecule has 2 heterocycles. The predicted octanol–water partition coefficient (Wildman–Crippen LogP) is 4.13. The largest absolute Gasteiger partial charge is 0.367 e. The van der Waals surface area contributed by atoms with Crippen LogP contribution in [-0.2, 0) is 9.54 Å². The zero-order valence-corrected chi connectivity index (χ0v) is 16.4. The van der Waals surface area contributed by atoms with Gasteiger partial charge >= 0.3 is 0 Å². The molecule has 1 aromatic heterocycles. The third kappa shape index (κ3) is 5.13. The average Bonchev–Trinajstić information content (AvgIpc) is 2.55. The van der Waals surface area contributed by atoms with Gasteiger partial charge in [-0.15, -0.1) is 0 Å². The highest BCUT2D eigenvalue weighted by molar-refractivity contribution is 7.99. The summed E-state index contributed by atoms with van der Waals surface area (Å²) in [5, 5.41) is 3.56. The fraction of sp³-hybridized carbons (Fsp3) is 0.684. The minimum atomic E-state index is 0.0893. The van der Waals surface area contributed by atoms with Crippen LogP contribution in [0.3, 0.4) is 0 Å². The minimum Gasteiger partial charge on any atom is -0.367 e. The van der Waals surface area contributed by atoms with Crippen molar-refractivity contribution in [1.82, 2.24) is 9.88 Å². The van der Waals surface area contributed by atoms with Gasteiger partial charge in [-0.1, -0.05) is 13.8 Å². The molecule has 134 valence electrons. The van der Waals surface area contributed by atoms with Gasteiger partial charge in [-0.2, -0.15) is 11.8 Å². The van der Waals surface area contributed by atoms with Crippen LogP contribution in [0.1, 0.15) is 52.5 Å². The molecule has 0 aromatic carbocycles. The van der Waals surface area contributed by atoms with Gasteiger partial charge in [-0.25, -0.2) is 4.98 Å². The van der Waals surface area contributed by atoms with Crippen molar-refractivity contribution in [3.63, 3.8) is 0 Å². The van der Waals surface area contributed by atoms with Crippen molar-refractivity contribution >= 4 is 23.5 Å². The number of amides is 1. The van der Waals surface area contributed by atoms with Crippen molar-refractivity contribution in [2.75, 3.05) is 24.7 Å². The van der Waals surface area contributed by atoms with E-state index >= 15 is 0 Å². The molecule has 24 heavy (non-hydrogen) atoms. The number of likely N-dealkylation sites (tertiary alicyclic amines) is 1. The highest BCUT2D eigenvalue weighted by Gasteiger charge is 2.24. The molecule has 0 unspecified atom stereocenters. The number of hydrogen-bond donors (Lipinski definition) is 1. The first-order valence-corrected chi connectivity index (χ1v) is 10.1. The van der Waals surface area contributed by atoms with Gasteiger partial charge in [0.15, 0.2) is 0 Å². The lowest BCUT2D eigenvalue weighted by molar-refractivity contribution is -0.132. The fourth-order valence-corrected chi connectivity index (χ4v) is 3.33. The average molecular weight is 350 g/mol. The number of anilines is 1. The Hall–Kier alpha value is -1.23. The predicted molar refractivity (Wildman–Crippen MR) is 103 cm³/mol. The molecule has 1 aromatic rings. The molecular weight excluding hydrogens is 318 g/mol. The molecule has 2 rings (SSSR count). The molecule has 5 heteroatoms. The van der Waals surface area contributed by atoms with Gasteiger partial charge in [0.05, 0.1) is 0 Å². The van der Waals surface area contributed by atoms with Crippen molar-refractivity contribution < 1.29 is 4.79 Å². The maximum absolute atomic E-state index is 12.2. The number of rotatable bonds is 6. The Morgan fingerprint density at radius 2 is 2.08 bits per heavy atom. The molecule has 1 aliphatic rings. The van der Waals surface area contributed by atoms with Crippen LogP contribution >= 0.6 is 11.8 Å². The number of nitrogens with zero attached hydrogens (tertiary/aromatic N) is 2. The quantitative estimate of drug-likeness (QED) is 0.839. The smallest absolute Gasteiger partial charge is 0.222 e. The minimum absolute atomic E-state index is 0.0893. The van der Waals surface area contributed by atoms with Gasteiger partial charge in [-0.05, 0) is 56.6 Å². The Kier molecular flexibility index (Phi) is 6.55. The Labute approximate surface area is 150 Å². The van der Waals surface area contributed by atoms with E-state index in [-0.39, 0.29) is 4.75 Å². The third-order valence-electron chi connectivity index (χ3n) is 4.75. The summed E-state index contributed by atoms with van der Waals surface area (Å²) in [4.78, 5) is 18.6. The van der Waals surface area contributed by atoms with Crippen molar-refractivity contribution in [3.8, 4) is 0 Å². The standard InChI is InChI=1S/C19H31N3OS/c1-14(2)12-18(23)22-10-7-16(8-11-22)21-17-13-15(6-9-20-17)19(3,4)24-5/h6,9,13-14,16H,7-8,10-12H2,1-5H3,(H,20,21). The molecule has 1 fully saturated rings. The maximum Gasteiger partial charge on any atom is 0.222 e. The molecule has 0 bridgehead atoms. The van der Waals surface area contributed by atoms with E-state index in [2.05, 4.69) is 56.4 Å². The topological polar surface area (TPSA) is 45.2 Å². The SMILES string of the molecule is CSC(C)(C)c1ccnc(NC2CCN(C(=O)CC(C)C)CC2)c1. The second-order valence-electron chi connectivity index (χ2n) is 7.54. The summed E-state index contributed by atoms with van der Waals surface area (Å²) in [5.41, 5.74) is 1.29. The number of aromatic nitrogens is 1. The van der Waals surface area contributed by atoms with Crippen LogP contribution in [0.25, 0.3) is 0 Å². The van der Waals surface area contributed by atoms with Crippen LogP contribution in [0, 0.1) is 5.92 Å². The van der Waals surface area contributed by atoms with Crippen LogP contribution in [0.15, 0.2) is 18.3 Å². The van der Waals surface area contributed by atoms with Crippen LogP contribution in [-0.4, -0.2) is 41.2 Å². The number of pyridine rings is 1. The summed E-state index contributed by atoms with van der Waals surface area (Å²) in [5.74, 6) is 1.67. The Morgan fingerprint density at radius 1 is 1.42 bits per heavy atom. The lowest BCUT2D eigenvalue weighted by Gasteiger charge is -2.33. The van der Waals surface area contributed by atoms with Crippen molar-refractivity contribution in [2.24, 2.45) is 5.92 Å². The Bertz CT molecular complexity index is 551. The van der Waals surface area contributed by atoms with E-state index in [1.807, 2.05) is 22.9 Å². The summed E-state index contributed by atoms with van der Waals surface area (Å²) >= 11 is 1.84. The zero-order valence-electron chi connectivity index (χ0n) is 15.6. The number of hydrogen-bond acceptors (Lipinski definition) is 4. The van der Waals surface area contributed by atoms with Crippen molar-refractivity contribution in [2.45, 2.75) is 57.7 Å². The lowest BCUT2D eigenvalue weighted by Crippen LogP contribution is -2.42. The van der Waals surface area contributed by atoms with Crippen LogP contribution < -0.4 is 5.32 Å². The molecule has 0 radical (unpaired) electrons. The van der Waals surface area contributed by atoms with E-state index in [1.165, 1.54) is 5.56 Å². The van der Waals surface area contributed by atoms with Crippen LogP contribution in [0.4, 0.5) is 5.82 Å². The fourth-order valence-electron chi connectivity index (χ4n) is 2.96. The van der Waals surface area contributed by atoms with Crippen LogP contribution in [0.5, 0.6) is 0 Å². The summed E-state index contributed by atoms with van der Waals surface area (Å²) < 4.78 is 0.0893. The first kappa shape index (κ1) is 19.1. The number of carbonyl (C=O) groups excluding carboxylic acids is 1. The molecule has 0 aliphatic carbocycles. The number of nitrogens with one attached hydrogen (secondary N) is 1. The van der Waals surface area contributed by atoms with Crippen molar-refractivity contribution in [1.29, 1.82) is 0 Å². The molecule has 0 atom stereocenters. The van der Waals surface area contributed by atoms with E-state index in [4.69, 9.17) is 0 Å². The van der Waals surface area contributed by atoms with Crippen LogP contribution in [0.2, 0.25) is 0 Å². The molecule has 0 spiro atoms. The van der Waals surface area contributed by atoms with E-state index in [0.29, 0.717) is 24.3 Å². The summed E-state index contributed by atoms with van der Waals surface area (Å²) in [6.45, 7) is 10.4. The molecule has 1 amide bonds. The number of piperidine rings is 1. The second kappa shape index (κ2) is 8.24. The monoisotopic (exact) mass is 349 g/mol. The molecule has 0 saturated carbocycles. The lowest BCUT2D eigenvalue weighted by atomic mass is 10.0. The first-order valence-electron chi connectivity index (χ1n) is 8.88. The third-order valence-corrected chi connectivity index (χ3v) is 6.00. The molecule has 1 saturated heterocycles. The maximum atomic E-state index is 12.2. The summed E-state index contributed by atoms with van der Waals surface area (Å²) in [6.07, 6.45) is 6.66. The Balaban J connectivity index is 1.90. The highest BCUT2D eigenvalue weighted by Crippen LogP contribution is 2.34. The van der Waals surface area contributed by atoms with Gasteiger partial charge in [0.2, 0.25) is 5.91 Å². The van der Waals surface area contributed by atoms with Gasteiger partial charge in [-0.3, -0.25) is 4.79 Å². The normalized spacial score (nSPS) is 16.5. The highest BCUT2D eigenvalue weighted by atomic mass is 32.2. The Morgan fingerprint density at radius 3 is 2.67 bits per heavy atom. The van der Waals surface area contributed by atoms with Gasteiger partial charge in [0, 0.05) is 36.5 Å². The van der Waals surface area contributed by atoms with Crippen molar-refractivity contribution in [3.05, 3.63) is 23.9 Å². The van der Waals surface area contributed by atoms with E-state index in [9.17, 15) is 4.79 Å². The van der Waals surface area contributed by atoms with Gasteiger partial charge < -0.3 is 10.2 Å². The van der Waals surface area contributed by atoms with E-state index < -0.39 is 0 Å².